The number of fused-ring (bicyclic) bond motifs is 2. The molecule has 3 rings (SSSR count). The van der Waals surface area contributed by atoms with E-state index < -0.39 is 0 Å². The van der Waals surface area contributed by atoms with Gasteiger partial charge in [-0.1, -0.05) is 64.9 Å². The van der Waals surface area contributed by atoms with Gasteiger partial charge in [-0.05, 0) is 37.5 Å². The van der Waals surface area contributed by atoms with Gasteiger partial charge in [0.1, 0.15) is 16.8 Å². The van der Waals surface area contributed by atoms with Gasteiger partial charge in [-0.15, -0.1) is 0 Å². The third-order valence-electron chi connectivity index (χ3n) is 6.18. The number of aromatic nitrogens is 3. The largest absolute Gasteiger partial charge is 0.352 e. The maximum absolute atomic E-state index is 13.3. The normalized spacial score (nSPS) is 11.4. The lowest BCUT2D eigenvalue weighted by Crippen LogP contribution is -2.35. The molecule has 1 amide bonds. The molecule has 0 aliphatic carbocycles. The summed E-state index contributed by atoms with van der Waals surface area (Å²) < 4.78 is 3.26. The predicted octanol–water partition coefficient (Wildman–Crippen LogP) is 4.72. The summed E-state index contributed by atoms with van der Waals surface area (Å²) in [6, 6.07) is 5.29. The van der Waals surface area contributed by atoms with E-state index in [0.717, 1.165) is 37.7 Å². The van der Waals surface area contributed by atoms with Crippen molar-refractivity contribution in [3.05, 3.63) is 51.4 Å². The minimum absolute atomic E-state index is 0.115. The third kappa shape index (κ3) is 5.70. The molecule has 33 heavy (non-hydrogen) atoms. The molecule has 0 spiro atoms. The number of nitrogens with zero attached hydrogens (tertiary/aromatic N) is 3. The molecule has 3 aromatic heterocycles. The van der Waals surface area contributed by atoms with Crippen LogP contribution in [0.5, 0.6) is 0 Å². The summed E-state index contributed by atoms with van der Waals surface area (Å²) in [6.07, 6.45) is 11.5. The number of carbonyl (C=O) groups excluding carboxylic acids is 1. The Kier molecular flexibility index (Phi) is 8.80. The Morgan fingerprint density at radius 1 is 1.03 bits per heavy atom. The fourth-order valence-corrected chi connectivity index (χ4v) is 4.21. The fraction of sp³-hybridized carbons (Fsp3) is 0.538. The van der Waals surface area contributed by atoms with Crippen molar-refractivity contribution in [3.63, 3.8) is 0 Å². The van der Waals surface area contributed by atoms with Gasteiger partial charge in [-0.3, -0.25) is 19.4 Å². The first-order valence-corrected chi connectivity index (χ1v) is 12.4. The lowest BCUT2D eigenvalue weighted by molar-refractivity contribution is 0.0950. The van der Waals surface area contributed by atoms with Crippen LogP contribution in [0.4, 0.5) is 0 Å². The zero-order chi connectivity index (χ0) is 23.8. The summed E-state index contributed by atoms with van der Waals surface area (Å²) in [4.78, 5) is 31.1. The summed E-state index contributed by atoms with van der Waals surface area (Å²) in [5.41, 5.74) is 2.08. The first-order valence-electron chi connectivity index (χ1n) is 12.4. The van der Waals surface area contributed by atoms with E-state index in [-0.39, 0.29) is 22.5 Å². The molecule has 0 aromatic carbocycles. The van der Waals surface area contributed by atoms with Gasteiger partial charge in [0, 0.05) is 19.3 Å². The molecule has 0 saturated carbocycles. The number of carbonyl (C=O) groups is 1. The maximum atomic E-state index is 13.3. The molecule has 0 aliphatic heterocycles. The van der Waals surface area contributed by atoms with Crippen molar-refractivity contribution in [3.8, 4) is 0 Å². The van der Waals surface area contributed by atoms with Crippen LogP contribution in [-0.4, -0.2) is 26.4 Å². The maximum Gasteiger partial charge on any atom is 0.267 e. The van der Waals surface area contributed by atoms with Crippen LogP contribution in [0.1, 0.15) is 87.6 Å². The minimum Gasteiger partial charge on any atom is -0.352 e. The van der Waals surface area contributed by atoms with Crippen molar-refractivity contribution in [2.75, 3.05) is 6.54 Å². The molecule has 3 heterocycles. The van der Waals surface area contributed by atoms with Crippen LogP contribution in [0.25, 0.3) is 16.7 Å². The molecule has 0 unspecified atom stereocenters. The van der Waals surface area contributed by atoms with Crippen LogP contribution in [0.15, 0.2) is 29.2 Å². The van der Waals surface area contributed by atoms with Gasteiger partial charge in [0.2, 0.25) is 0 Å². The minimum atomic E-state index is -0.298. The smallest absolute Gasteiger partial charge is 0.267 e. The van der Waals surface area contributed by atoms with Crippen molar-refractivity contribution in [1.29, 1.82) is 5.41 Å². The Morgan fingerprint density at radius 2 is 1.73 bits per heavy atom. The van der Waals surface area contributed by atoms with Crippen LogP contribution in [0, 0.1) is 12.3 Å². The van der Waals surface area contributed by atoms with Gasteiger partial charge in [0.25, 0.3) is 11.5 Å². The van der Waals surface area contributed by atoms with Gasteiger partial charge in [-0.25, -0.2) is 4.98 Å². The van der Waals surface area contributed by atoms with Crippen LogP contribution >= 0.6 is 0 Å². The molecule has 0 radical (unpaired) electrons. The van der Waals surface area contributed by atoms with Crippen molar-refractivity contribution < 1.29 is 4.79 Å². The van der Waals surface area contributed by atoms with E-state index in [2.05, 4.69) is 19.2 Å². The second kappa shape index (κ2) is 11.8. The number of aryl methyl sites for hydroxylation is 2. The van der Waals surface area contributed by atoms with Crippen molar-refractivity contribution >= 4 is 22.6 Å². The zero-order valence-corrected chi connectivity index (χ0v) is 20.2. The highest BCUT2D eigenvalue weighted by Gasteiger charge is 2.17. The van der Waals surface area contributed by atoms with Gasteiger partial charge >= 0.3 is 0 Å². The molecule has 7 nitrogen and oxygen atoms in total. The standard InChI is InChI=1S/C26H37N5O2/c1-4-6-8-9-10-11-15-28-25(32)20-18-21-24(30(22(20)27)16-12-7-5-2)29-23-19(3)14-13-17-31(23)26(21)33/h13-14,17-18,27H,4-12,15-16H2,1-3H3,(H,28,32). The second-order valence-electron chi connectivity index (χ2n) is 8.83. The van der Waals surface area contributed by atoms with E-state index in [1.54, 1.807) is 16.8 Å². The van der Waals surface area contributed by atoms with Gasteiger partial charge in [0.05, 0.1) is 10.9 Å². The van der Waals surface area contributed by atoms with Crippen molar-refractivity contribution in [2.24, 2.45) is 0 Å². The Balaban J connectivity index is 1.96. The summed E-state index contributed by atoms with van der Waals surface area (Å²) in [6.45, 7) is 7.36. The summed E-state index contributed by atoms with van der Waals surface area (Å²) in [7, 11) is 0. The topological polar surface area (TPSA) is 92.2 Å². The lowest BCUT2D eigenvalue weighted by Gasteiger charge is -2.15. The SMILES string of the molecule is CCCCCCCCNC(=O)c1cc2c(=O)n3cccc(C)c3nc2n(CCCCC)c1=N. The Hall–Kier alpha value is -2.96. The Labute approximate surface area is 195 Å². The highest BCUT2D eigenvalue weighted by atomic mass is 16.1. The molecule has 3 aromatic rings. The molecule has 178 valence electrons. The van der Waals surface area contributed by atoms with Crippen LogP contribution in [0.3, 0.4) is 0 Å². The van der Waals surface area contributed by atoms with Crippen LogP contribution < -0.4 is 16.4 Å². The number of amides is 1. The number of unbranched alkanes of at least 4 members (excludes halogenated alkanes) is 7. The molecule has 0 fully saturated rings. The molecule has 0 atom stereocenters. The molecule has 7 heteroatoms. The monoisotopic (exact) mass is 451 g/mol. The van der Waals surface area contributed by atoms with E-state index >= 15 is 0 Å². The highest BCUT2D eigenvalue weighted by molar-refractivity contribution is 5.96. The molecule has 2 N–H and O–H groups in total. The fourth-order valence-electron chi connectivity index (χ4n) is 4.21. The summed E-state index contributed by atoms with van der Waals surface area (Å²) in [5.74, 6) is -0.298. The number of rotatable bonds is 12. The van der Waals surface area contributed by atoms with E-state index in [1.807, 2.05) is 19.1 Å². The average Bonchev–Trinajstić information content (AvgIpc) is 2.80. The summed E-state index contributed by atoms with van der Waals surface area (Å²) >= 11 is 0. The quantitative estimate of drug-likeness (QED) is 0.308. The number of pyridine rings is 2. The van der Waals surface area contributed by atoms with Gasteiger partial charge in [0.15, 0.2) is 0 Å². The van der Waals surface area contributed by atoms with Crippen molar-refractivity contribution in [1.82, 2.24) is 19.3 Å². The lowest BCUT2D eigenvalue weighted by atomic mass is 10.1. The highest BCUT2D eigenvalue weighted by Crippen LogP contribution is 2.14. The molecular formula is C26H37N5O2. The number of nitrogens with one attached hydrogen (secondary N) is 2. The van der Waals surface area contributed by atoms with E-state index in [9.17, 15) is 9.59 Å². The number of hydrogen-bond donors (Lipinski definition) is 2. The Bertz CT molecular complexity index is 1230. The first kappa shape index (κ1) is 24.7. The third-order valence-corrected chi connectivity index (χ3v) is 6.18. The second-order valence-corrected chi connectivity index (χ2v) is 8.83. The zero-order valence-electron chi connectivity index (χ0n) is 20.2. The van der Waals surface area contributed by atoms with E-state index in [4.69, 9.17) is 10.4 Å². The first-order chi connectivity index (χ1) is 16.0. The average molecular weight is 452 g/mol. The van der Waals surface area contributed by atoms with Crippen LogP contribution in [-0.2, 0) is 6.54 Å². The predicted molar refractivity (Wildman–Crippen MR) is 133 cm³/mol. The van der Waals surface area contributed by atoms with E-state index in [1.165, 1.54) is 30.1 Å². The molecule has 0 bridgehead atoms. The summed E-state index contributed by atoms with van der Waals surface area (Å²) in [5, 5.41) is 12.1. The van der Waals surface area contributed by atoms with E-state index in [0.29, 0.717) is 29.8 Å². The van der Waals surface area contributed by atoms with Crippen molar-refractivity contribution in [2.45, 2.75) is 85.1 Å². The van der Waals surface area contributed by atoms with Gasteiger partial charge in [-0.2, -0.15) is 0 Å². The number of hydrogen-bond acceptors (Lipinski definition) is 4. The van der Waals surface area contributed by atoms with Gasteiger partial charge < -0.3 is 9.88 Å². The van der Waals surface area contributed by atoms with Crippen LogP contribution in [0.2, 0.25) is 0 Å². The molecular weight excluding hydrogens is 414 g/mol. The molecule has 0 aliphatic rings. The molecule has 0 saturated heterocycles. The Morgan fingerprint density at radius 3 is 2.48 bits per heavy atom.